The Hall–Kier alpha value is -1.91. The molecule has 0 saturated carbocycles. The Bertz CT molecular complexity index is 533. The Morgan fingerprint density at radius 2 is 2.26 bits per heavy atom. The molecule has 1 saturated heterocycles. The molecule has 0 bridgehead atoms. The Kier molecular flexibility index (Phi) is 3.83. The first-order valence-electron chi connectivity index (χ1n) is 6.53. The van der Waals surface area contributed by atoms with E-state index in [1.165, 1.54) is 5.57 Å². The largest absolute Gasteiger partial charge is 0.386 e. The van der Waals surface area contributed by atoms with Crippen LogP contribution in [-0.4, -0.2) is 35.4 Å². The minimum atomic E-state index is 0.169. The molecule has 0 amide bonds. The van der Waals surface area contributed by atoms with Crippen LogP contribution >= 0.6 is 0 Å². The van der Waals surface area contributed by atoms with Gasteiger partial charge in [-0.2, -0.15) is 0 Å². The summed E-state index contributed by atoms with van der Waals surface area (Å²) in [5.41, 5.74) is 9.25. The van der Waals surface area contributed by atoms with Crippen LogP contribution in [0.15, 0.2) is 17.4 Å². The van der Waals surface area contributed by atoms with Crippen LogP contribution in [0.1, 0.15) is 31.5 Å². The number of rotatable bonds is 3. The normalized spacial score (nSPS) is 20.4. The molecule has 19 heavy (non-hydrogen) atoms. The first kappa shape index (κ1) is 13.5. The molecule has 102 valence electrons. The van der Waals surface area contributed by atoms with Gasteiger partial charge < -0.3 is 10.6 Å². The lowest BCUT2D eigenvalue weighted by atomic mass is 9.98. The van der Waals surface area contributed by atoms with Crippen molar-refractivity contribution in [3.63, 3.8) is 0 Å². The van der Waals surface area contributed by atoms with E-state index in [0.717, 1.165) is 30.0 Å². The maximum atomic E-state index is 5.95. The molecule has 1 aromatic heterocycles. The van der Waals surface area contributed by atoms with E-state index < -0.39 is 0 Å². The number of aryl methyl sites for hydroxylation is 1. The maximum Gasteiger partial charge on any atom is 0.140 e. The Morgan fingerprint density at radius 3 is 2.79 bits per heavy atom. The van der Waals surface area contributed by atoms with Crippen LogP contribution in [0.5, 0.6) is 0 Å². The van der Waals surface area contributed by atoms with Crippen molar-refractivity contribution in [1.82, 2.24) is 9.97 Å². The number of hydrogen-bond acceptors (Lipinski definition) is 4. The first-order valence-corrected chi connectivity index (χ1v) is 6.53. The van der Waals surface area contributed by atoms with Gasteiger partial charge in [-0.1, -0.05) is 6.08 Å². The minimum Gasteiger partial charge on any atom is -0.386 e. The number of nitrogens with zero attached hydrogens (tertiary/aromatic N) is 4. The number of aliphatic imine (C=N–C) groups is 1. The zero-order chi connectivity index (χ0) is 14.0. The zero-order valence-corrected chi connectivity index (χ0v) is 12.0. The van der Waals surface area contributed by atoms with Crippen molar-refractivity contribution in [3.8, 4) is 0 Å². The summed E-state index contributed by atoms with van der Waals surface area (Å²) in [6.45, 7) is 7.09. The minimum absolute atomic E-state index is 0.169. The highest BCUT2D eigenvalue weighted by molar-refractivity contribution is 5.91. The molecule has 2 heterocycles. The van der Waals surface area contributed by atoms with Gasteiger partial charge in [0.15, 0.2) is 0 Å². The van der Waals surface area contributed by atoms with Gasteiger partial charge in [0.1, 0.15) is 18.0 Å². The van der Waals surface area contributed by atoms with Crippen molar-refractivity contribution in [3.05, 3.63) is 23.7 Å². The van der Waals surface area contributed by atoms with E-state index in [-0.39, 0.29) is 6.04 Å². The topological polar surface area (TPSA) is 67.4 Å². The molecule has 0 radical (unpaired) electrons. The predicted molar refractivity (Wildman–Crippen MR) is 79.4 cm³/mol. The van der Waals surface area contributed by atoms with Crippen LogP contribution in [0.2, 0.25) is 0 Å². The Balaban J connectivity index is 2.44. The fourth-order valence-electron chi connectivity index (χ4n) is 2.38. The van der Waals surface area contributed by atoms with Crippen molar-refractivity contribution >= 4 is 17.2 Å². The van der Waals surface area contributed by atoms with E-state index >= 15 is 0 Å². The van der Waals surface area contributed by atoms with Crippen molar-refractivity contribution in [1.29, 1.82) is 0 Å². The molecule has 0 unspecified atom stereocenters. The molecular formula is C14H21N5. The second kappa shape index (κ2) is 5.38. The highest BCUT2D eigenvalue weighted by atomic mass is 15.3. The summed E-state index contributed by atoms with van der Waals surface area (Å²) < 4.78 is 0. The monoisotopic (exact) mass is 259 g/mol. The SMILES string of the molecule is C/C=C(/C)c1c(C)ncnc1N1CC[C@H]1C(N)=NC. The van der Waals surface area contributed by atoms with Crippen molar-refractivity contribution < 1.29 is 0 Å². The molecule has 2 N–H and O–H groups in total. The van der Waals surface area contributed by atoms with Crippen molar-refractivity contribution in [2.24, 2.45) is 10.7 Å². The molecule has 1 atom stereocenters. The number of allylic oxidation sites excluding steroid dienone is 2. The number of anilines is 1. The summed E-state index contributed by atoms with van der Waals surface area (Å²) in [6.07, 6.45) is 4.73. The van der Waals surface area contributed by atoms with Crippen LogP contribution in [0.3, 0.4) is 0 Å². The summed E-state index contributed by atoms with van der Waals surface area (Å²) in [5.74, 6) is 1.64. The quantitative estimate of drug-likeness (QED) is 0.663. The Morgan fingerprint density at radius 1 is 1.53 bits per heavy atom. The first-order chi connectivity index (χ1) is 9.10. The van der Waals surface area contributed by atoms with Gasteiger partial charge in [-0.15, -0.1) is 0 Å². The van der Waals surface area contributed by atoms with Gasteiger partial charge >= 0.3 is 0 Å². The lowest BCUT2D eigenvalue weighted by molar-refractivity contribution is 0.535. The van der Waals surface area contributed by atoms with E-state index in [1.54, 1.807) is 13.4 Å². The summed E-state index contributed by atoms with van der Waals surface area (Å²) in [6, 6.07) is 0.169. The predicted octanol–water partition coefficient (Wildman–Crippen LogP) is 1.77. The van der Waals surface area contributed by atoms with Gasteiger partial charge in [0.25, 0.3) is 0 Å². The summed E-state index contributed by atoms with van der Waals surface area (Å²) >= 11 is 0. The third-order valence-corrected chi connectivity index (χ3v) is 3.74. The van der Waals surface area contributed by atoms with Gasteiger partial charge in [0.2, 0.25) is 0 Å². The van der Waals surface area contributed by atoms with E-state index in [9.17, 15) is 0 Å². The standard InChI is InChI=1S/C14H21N5/c1-5-9(2)12-10(3)17-8-18-14(12)19-7-6-11(19)13(15)16-4/h5,8,11H,6-7H2,1-4H3,(H2,15,16)/b9-5-/t11-/m0/s1. The van der Waals surface area contributed by atoms with Crippen LogP contribution < -0.4 is 10.6 Å². The molecule has 1 aliphatic rings. The molecule has 0 aliphatic carbocycles. The van der Waals surface area contributed by atoms with Gasteiger partial charge in [0, 0.05) is 19.2 Å². The summed E-state index contributed by atoms with van der Waals surface area (Å²) in [4.78, 5) is 15.1. The fourth-order valence-corrected chi connectivity index (χ4v) is 2.38. The number of hydrogen-bond donors (Lipinski definition) is 1. The van der Waals surface area contributed by atoms with Crippen LogP contribution in [-0.2, 0) is 0 Å². The fraction of sp³-hybridized carbons (Fsp3) is 0.500. The van der Waals surface area contributed by atoms with Crippen LogP contribution in [0.25, 0.3) is 5.57 Å². The van der Waals surface area contributed by atoms with E-state index in [0.29, 0.717) is 5.84 Å². The third-order valence-electron chi connectivity index (χ3n) is 3.74. The molecule has 2 rings (SSSR count). The summed E-state index contributed by atoms with van der Waals surface area (Å²) in [7, 11) is 1.73. The highest BCUT2D eigenvalue weighted by Gasteiger charge is 2.33. The highest BCUT2D eigenvalue weighted by Crippen LogP contribution is 2.32. The van der Waals surface area contributed by atoms with Crippen LogP contribution in [0, 0.1) is 6.92 Å². The summed E-state index contributed by atoms with van der Waals surface area (Å²) in [5, 5.41) is 0. The van der Waals surface area contributed by atoms with E-state index in [1.807, 2.05) is 13.8 Å². The maximum absolute atomic E-state index is 5.95. The van der Waals surface area contributed by atoms with E-state index in [2.05, 4.69) is 32.9 Å². The second-order valence-corrected chi connectivity index (χ2v) is 4.78. The van der Waals surface area contributed by atoms with Gasteiger partial charge in [-0.05, 0) is 32.8 Å². The average molecular weight is 259 g/mol. The molecule has 1 aromatic rings. The third kappa shape index (κ3) is 2.32. The van der Waals surface area contributed by atoms with Crippen molar-refractivity contribution in [2.75, 3.05) is 18.5 Å². The molecule has 5 nitrogen and oxygen atoms in total. The average Bonchev–Trinajstić information content (AvgIpc) is 2.36. The molecule has 0 aromatic carbocycles. The number of aromatic nitrogens is 2. The zero-order valence-electron chi connectivity index (χ0n) is 12.0. The Labute approximate surface area is 114 Å². The lowest BCUT2D eigenvalue weighted by Gasteiger charge is -2.42. The molecular weight excluding hydrogens is 238 g/mol. The number of nitrogens with two attached hydrogens (primary N) is 1. The second-order valence-electron chi connectivity index (χ2n) is 4.78. The molecule has 0 spiro atoms. The smallest absolute Gasteiger partial charge is 0.140 e. The number of amidine groups is 1. The molecule has 1 fully saturated rings. The van der Waals surface area contributed by atoms with Gasteiger partial charge in [0.05, 0.1) is 11.7 Å². The lowest BCUT2D eigenvalue weighted by Crippen LogP contribution is -2.55. The van der Waals surface area contributed by atoms with Crippen LogP contribution in [0.4, 0.5) is 5.82 Å². The van der Waals surface area contributed by atoms with E-state index in [4.69, 9.17) is 5.73 Å². The van der Waals surface area contributed by atoms with Gasteiger partial charge in [-0.25, -0.2) is 9.97 Å². The molecule has 5 heteroatoms. The molecule has 1 aliphatic heterocycles. The van der Waals surface area contributed by atoms with Gasteiger partial charge in [-0.3, -0.25) is 4.99 Å². The van der Waals surface area contributed by atoms with Crippen molar-refractivity contribution in [2.45, 2.75) is 33.2 Å².